The van der Waals surface area contributed by atoms with Gasteiger partial charge in [-0.05, 0) is 31.5 Å². The lowest BCUT2D eigenvalue weighted by molar-refractivity contribution is 0.0600. The highest BCUT2D eigenvalue weighted by molar-refractivity contribution is 6.17. The number of aryl methyl sites for hydroxylation is 2. The lowest BCUT2D eigenvalue weighted by Crippen LogP contribution is -2.03. The molecule has 19 heavy (non-hydrogen) atoms. The summed E-state index contributed by atoms with van der Waals surface area (Å²) in [7, 11) is 1.36. The number of alkyl halides is 1. The topological polar surface area (TPSA) is 52.3 Å². The Bertz CT molecular complexity index is 619. The van der Waals surface area contributed by atoms with Gasteiger partial charge in [0.25, 0.3) is 0 Å². The van der Waals surface area contributed by atoms with Crippen molar-refractivity contribution in [2.45, 2.75) is 19.7 Å². The van der Waals surface area contributed by atoms with E-state index < -0.39 is 0 Å². The molecule has 1 aromatic carbocycles. The fraction of sp³-hybridized carbons (Fsp3) is 0.286. The maximum Gasteiger partial charge on any atom is 0.338 e. The monoisotopic (exact) mass is 279 g/mol. The molecular formula is C14H14ClNO3. The Morgan fingerprint density at radius 1 is 1.42 bits per heavy atom. The number of rotatable bonds is 3. The van der Waals surface area contributed by atoms with Gasteiger partial charge in [0.2, 0.25) is 5.89 Å². The first-order valence-electron chi connectivity index (χ1n) is 5.78. The quantitative estimate of drug-likeness (QED) is 0.637. The van der Waals surface area contributed by atoms with E-state index in [4.69, 9.17) is 20.8 Å². The molecule has 0 aliphatic rings. The Morgan fingerprint density at radius 3 is 2.74 bits per heavy atom. The summed E-state index contributed by atoms with van der Waals surface area (Å²) in [6, 6.07) is 5.40. The number of aromatic nitrogens is 1. The Morgan fingerprint density at radius 2 is 2.16 bits per heavy atom. The largest absolute Gasteiger partial charge is 0.465 e. The van der Waals surface area contributed by atoms with Crippen molar-refractivity contribution in [2.75, 3.05) is 7.11 Å². The number of carbonyl (C=O) groups excluding carboxylic acids is 1. The molecule has 2 aromatic rings. The molecule has 1 aromatic heterocycles. The predicted octanol–water partition coefficient (Wildman–Crippen LogP) is 3.48. The smallest absolute Gasteiger partial charge is 0.338 e. The summed E-state index contributed by atoms with van der Waals surface area (Å²) in [6.07, 6.45) is 0. The van der Waals surface area contributed by atoms with E-state index in [1.54, 1.807) is 6.07 Å². The van der Waals surface area contributed by atoms with Gasteiger partial charge in [0, 0.05) is 5.56 Å². The van der Waals surface area contributed by atoms with Crippen molar-refractivity contribution >= 4 is 17.6 Å². The number of halogens is 1. The predicted molar refractivity (Wildman–Crippen MR) is 72.3 cm³/mol. The van der Waals surface area contributed by atoms with Gasteiger partial charge in [-0.1, -0.05) is 6.07 Å². The Kier molecular flexibility index (Phi) is 3.90. The molecule has 2 rings (SSSR count). The maximum atomic E-state index is 11.7. The van der Waals surface area contributed by atoms with Gasteiger partial charge in [-0.2, -0.15) is 0 Å². The molecule has 0 saturated carbocycles. The molecule has 0 radical (unpaired) electrons. The molecule has 0 spiro atoms. The van der Waals surface area contributed by atoms with Crippen LogP contribution in [0.1, 0.15) is 27.4 Å². The second-order valence-corrected chi connectivity index (χ2v) is 4.44. The molecule has 0 bridgehead atoms. The first kappa shape index (κ1) is 13.6. The lowest BCUT2D eigenvalue weighted by Gasteiger charge is -2.05. The van der Waals surface area contributed by atoms with Crippen LogP contribution in [0, 0.1) is 13.8 Å². The van der Waals surface area contributed by atoms with Crippen LogP contribution in [0.5, 0.6) is 0 Å². The Hall–Kier alpha value is -1.81. The van der Waals surface area contributed by atoms with Gasteiger partial charge >= 0.3 is 5.97 Å². The summed E-state index contributed by atoms with van der Waals surface area (Å²) >= 11 is 5.77. The number of methoxy groups -OCH3 is 1. The highest BCUT2D eigenvalue weighted by atomic mass is 35.5. The summed E-state index contributed by atoms with van der Waals surface area (Å²) in [5, 5.41) is 0. The van der Waals surface area contributed by atoms with E-state index >= 15 is 0 Å². The molecule has 4 nitrogen and oxygen atoms in total. The van der Waals surface area contributed by atoms with E-state index in [1.165, 1.54) is 7.11 Å². The normalized spacial score (nSPS) is 10.5. The van der Waals surface area contributed by atoms with E-state index in [0.717, 1.165) is 11.1 Å². The molecule has 0 aliphatic carbocycles. The second-order valence-electron chi connectivity index (χ2n) is 4.18. The van der Waals surface area contributed by atoms with Crippen LogP contribution in [-0.4, -0.2) is 18.1 Å². The van der Waals surface area contributed by atoms with Crippen molar-refractivity contribution < 1.29 is 13.9 Å². The fourth-order valence-electron chi connectivity index (χ4n) is 1.76. The van der Waals surface area contributed by atoms with Crippen molar-refractivity contribution in [1.82, 2.24) is 4.98 Å². The molecule has 0 fully saturated rings. The number of carbonyl (C=O) groups is 1. The summed E-state index contributed by atoms with van der Waals surface area (Å²) in [6.45, 7) is 3.66. The minimum absolute atomic E-state index is 0.297. The van der Waals surface area contributed by atoms with Crippen LogP contribution < -0.4 is 0 Å². The summed E-state index contributed by atoms with van der Waals surface area (Å²) < 4.78 is 10.3. The summed E-state index contributed by atoms with van der Waals surface area (Å²) in [5.41, 5.74) is 2.78. The zero-order valence-corrected chi connectivity index (χ0v) is 11.7. The Labute approximate surface area is 116 Å². The average Bonchev–Trinajstić information content (AvgIpc) is 2.79. The third kappa shape index (κ3) is 2.63. The van der Waals surface area contributed by atoms with Crippen molar-refractivity contribution in [3.63, 3.8) is 0 Å². The van der Waals surface area contributed by atoms with Gasteiger partial charge in [-0.25, -0.2) is 9.78 Å². The molecule has 5 heteroatoms. The van der Waals surface area contributed by atoms with E-state index in [9.17, 15) is 4.79 Å². The highest BCUT2D eigenvalue weighted by Gasteiger charge is 2.15. The number of nitrogens with zero attached hydrogens (tertiary/aromatic N) is 1. The number of hydrogen-bond donors (Lipinski definition) is 0. The van der Waals surface area contributed by atoms with E-state index in [1.807, 2.05) is 26.0 Å². The number of ether oxygens (including phenoxy) is 1. The van der Waals surface area contributed by atoms with Crippen molar-refractivity contribution in [1.29, 1.82) is 0 Å². The van der Waals surface area contributed by atoms with Crippen LogP contribution in [0.4, 0.5) is 0 Å². The summed E-state index contributed by atoms with van der Waals surface area (Å²) in [4.78, 5) is 16.0. The first-order chi connectivity index (χ1) is 9.06. The average molecular weight is 280 g/mol. The number of oxazole rings is 1. The van der Waals surface area contributed by atoms with Crippen LogP contribution in [0.25, 0.3) is 11.5 Å². The highest BCUT2D eigenvalue weighted by Crippen LogP contribution is 2.25. The van der Waals surface area contributed by atoms with E-state index in [2.05, 4.69) is 4.98 Å². The third-order valence-electron chi connectivity index (χ3n) is 2.91. The van der Waals surface area contributed by atoms with Crippen LogP contribution >= 0.6 is 11.6 Å². The van der Waals surface area contributed by atoms with Crippen molar-refractivity contribution in [3.8, 4) is 11.5 Å². The van der Waals surface area contributed by atoms with Crippen LogP contribution in [-0.2, 0) is 10.6 Å². The molecule has 0 N–H and O–H groups in total. The van der Waals surface area contributed by atoms with Crippen LogP contribution in [0.2, 0.25) is 0 Å². The molecule has 0 unspecified atom stereocenters. The van der Waals surface area contributed by atoms with Gasteiger partial charge in [-0.15, -0.1) is 11.6 Å². The second kappa shape index (κ2) is 5.45. The minimum Gasteiger partial charge on any atom is -0.465 e. The molecule has 0 aliphatic heterocycles. The fourth-order valence-corrected chi connectivity index (χ4v) is 2.01. The minimum atomic E-state index is -0.375. The molecule has 0 amide bonds. The van der Waals surface area contributed by atoms with Gasteiger partial charge in [0.05, 0.1) is 24.2 Å². The Balaban J connectivity index is 2.48. The third-order valence-corrected chi connectivity index (χ3v) is 3.16. The molecule has 100 valence electrons. The zero-order valence-electron chi connectivity index (χ0n) is 11.0. The maximum absolute atomic E-state index is 11.7. The number of esters is 1. The van der Waals surface area contributed by atoms with Gasteiger partial charge in [0.1, 0.15) is 5.76 Å². The van der Waals surface area contributed by atoms with E-state index in [0.29, 0.717) is 28.8 Å². The van der Waals surface area contributed by atoms with Crippen LogP contribution in [0.15, 0.2) is 22.6 Å². The number of hydrogen-bond acceptors (Lipinski definition) is 4. The van der Waals surface area contributed by atoms with Gasteiger partial charge in [0.15, 0.2) is 0 Å². The zero-order chi connectivity index (χ0) is 14.0. The van der Waals surface area contributed by atoms with E-state index in [-0.39, 0.29) is 5.97 Å². The van der Waals surface area contributed by atoms with Crippen LogP contribution in [0.3, 0.4) is 0 Å². The molecular weight excluding hydrogens is 266 g/mol. The van der Waals surface area contributed by atoms with Gasteiger partial charge < -0.3 is 9.15 Å². The molecule has 0 saturated heterocycles. The molecule has 0 atom stereocenters. The lowest BCUT2D eigenvalue weighted by atomic mass is 10.1. The first-order valence-corrected chi connectivity index (χ1v) is 6.32. The molecule has 1 heterocycles. The number of benzene rings is 1. The standard InChI is InChI=1S/C14H14ClNO3/c1-8-4-5-10(6-11(8)14(17)18-3)13-16-12(7-15)9(2)19-13/h4-6H,7H2,1-3H3. The summed E-state index contributed by atoms with van der Waals surface area (Å²) in [5.74, 6) is 1.06. The van der Waals surface area contributed by atoms with Crippen molar-refractivity contribution in [2.24, 2.45) is 0 Å². The SMILES string of the molecule is COC(=O)c1cc(-c2nc(CCl)c(C)o2)ccc1C. The van der Waals surface area contributed by atoms with Crippen molar-refractivity contribution in [3.05, 3.63) is 40.8 Å². The van der Waals surface area contributed by atoms with Gasteiger partial charge in [-0.3, -0.25) is 0 Å².